The van der Waals surface area contributed by atoms with Crippen LogP contribution in [-0.4, -0.2) is 86.4 Å². The van der Waals surface area contributed by atoms with Crippen LogP contribution in [0.5, 0.6) is 0 Å². The predicted molar refractivity (Wildman–Crippen MR) is 94.1 cm³/mol. The van der Waals surface area contributed by atoms with E-state index in [2.05, 4.69) is 0 Å². The molecule has 0 saturated carbocycles. The summed E-state index contributed by atoms with van der Waals surface area (Å²) in [6.07, 6.45) is 0.644. The summed E-state index contributed by atoms with van der Waals surface area (Å²) in [6.45, 7) is 7.13. The van der Waals surface area contributed by atoms with Crippen LogP contribution in [0.15, 0.2) is 0 Å². The number of amides is 1. The van der Waals surface area contributed by atoms with Gasteiger partial charge in [-0.1, -0.05) is 13.8 Å². The number of carbonyl (C=O) groups excluding carboxylic acids is 1. The van der Waals surface area contributed by atoms with Gasteiger partial charge in [-0.15, -0.1) is 12.4 Å². The highest BCUT2D eigenvalue weighted by Gasteiger charge is 2.35. The lowest BCUT2D eigenvalue weighted by atomic mass is 10.0. The smallest absolute Gasteiger partial charge is 0.282 e. The van der Waals surface area contributed by atoms with Gasteiger partial charge >= 0.3 is 0 Å². The van der Waals surface area contributed by atoms with Crippen LogP contribution >= 0.6 is 12.4 Å². The first-order valence-corrected chi connectivity index (χ1v) is 9.59. The number of hydrogen-bond donors (Lipinski definition) is 1. The molecule has 10 heteroatoms. The zero-order valence-electron chi connectivity index (χ0n) is 14.4. The van der Waals surface area contributed by atoms with Crippen molar-refractivity contribution in [1.82, 2.24) is 13.5 Å². The summed E-state index contributed by atoms with van der Waals surface area (Å²) in [4.78, 5) is 14.0. The minimum Gasteiger partial charge on any atom is -0.379 e. The third-order valence-electron chi connectivity index (χ3n) is 4.22. The summed E-state index contributed by atoms with van der Waals surface area (Å²) in [5, 5.41) is 0. The predicted octanol–water partition coefficient (Wildman–Crippen LogP) is -0.497. The van der Waals surface area contributed by atoms with Gasteiger partial charge in [0.1, 0.15) is 0 Å². The number of piperazine rings is 1. The molecular formula is C14H29ClN4O4S. The molecule has 0 aromatic rings. The molecule has 1 atom stereocenters. The number of nitrogens with zero attached hydrogens (tertiary/aromatic N) is 3. The second kappa shape index (κ2) is 9.30. The van der Waals surface area contributed by atoms with E-state index in [1.807, 2.05) is 13.8 Å². The molecule has 0 aromatic carbocycles. The van der Waals surface area contributed by atoms with Gasteiger partial charge in [0.2, 0.25) is 5.91 Å². The molecule has 0 unspecified atom stereocenters. The molecule has 2 aliphatic heterocycles. The molecule has 8 nitrogen and oxygen atoms in total. The fraction of sp³-hybridized carbons (Fsp3) is 0.929. The van der Waals surface area contributed by atoms with Gasteiger partial charge in [0, 0.05) is 39.3 Å². The molecule has 1 amide bonds. The van der Waals surface area contributed by atoms with Crippen LogP contribution in [-0.2, 0) is 19.7 Å². The molecule has 2 saturated heterocycles. The molecule has 2 rings (SSSR count). The monoisotopic (exact) mass is 384 g/mol. The maximum atomic E-state index is 12.6. The number of rotatable bonds is 5. The first-order chi connectivity index (χ1) is 10.8. The van der Waals surface area contributed by atoms with Crippen LogP contribution in [0, 0.1) is 5.92 Å². The topological polar surface area (TPSA) is 96.2 Å². The summed E-state index contributed by atoms with van der Waals surface area (Å²) in [6, 6.07) is -0.502. The second-order valence-electron chi connectivity index (χ2n) is 6.48. The van der Waals surface area contributed by atoms with Crippen LogP contribution in [0.4, 0.5) is 0 Å². The summed E-state index contributed by atoms with van der Waals surface area (Å²) < 4.78 is 33.2. The SMILES string of the molecule is CC(C)C[C@H](N)C(=O)N1CCN(S(=O)(=O)N2CCOCC2)CC1.Cl. The highest BCUT2D eigenvalue weighted by molar-refractivity contribution is 7.86. The van der Waals surface area contributed by atoms with E-state index in [1.165, 1.54) is 8.61 Å². The van der Waals surface area contributed by atoms with Crippen LogP contribution in [0.25, 0.3) is 0 Å². The van der Waals surface area contributed by atoms with Gasteiger partial charge in [0.15, 0.2) is 0 Å². The maximum Gasteiger partial charge on any atom is 0.282 e. The molecule has 2 fully saturated rings. The third-order valence-corrected chi connectivity index (χ3v) is 6.25. The van der Waals surface area contributed by atoms with Crippen molar-refractivity contribution in [2.75, 3.05) is 52.5 Å². The van der Waals surface area contributed by atoms with E-state index in [1.54, 1.807) is 4.90 Å². The van der Waals surface area contributed by atoms with E-state index < -0.39 is 16.3 Å². The summed E-state index contributed by atoms with van der Waals surface area (Å²) >= 11 is 0. The minimum absolute atomic E-state index is 0. The Morgan fingerprint density at radius 2 is 1.54 bits per heavy atom. The van der Waals surface area contributed by atoms with Gasteiger partial charge in [-0.25, -0.2) is 0 Å². The van der Waals surface area contributed by atoms with E-state index in [-0.39, 0.29) is 18.3 Å². The summed E-state index contributed by atoms with van der Waals surface area (Å²) in [7, 11) is -3.46. The van der Waals surface area contributed by atoms with E-state index in [9.17, 15) is 13.2 Å². The molecule has 0 aliphatic carbocycles. The number of halogens is 1. The number of hydrogen-bond acceptors (Lipinski definition) is 5. The Kier molecular flexibility index (Phi) is 8.37. The minimum atomic E-state index is -3.46. The summed E-state index contributed by atoms with van der Waals surface area (Å²) in [5.74, 6) is 0.277. The molecule has 2 N–H and O–H groups in total. The zero-order chi connectivity index (χ0) is 17.0. The van der Waals surface area contributed by atoms with Crippen molar-refractivity contribution >= 4 is 28.5 Å². The average Bonchev–Trinajstić information content (AvgIpc) is 2.54. The molecule has 24 heavy (non-hydrogen) atoms. The fourth-order valence-electron chi connectivity index (χ4n) is 2.92. The van der Waals surface area contributed by atoms with Gasteiger partial charge < -0.3 is 15.4 Å². The number of ether oxygens (including phenoxy) is 1. The number of morpholine rings is 1. The van der Waals surface area contributed by atoms with Gasteiger partial charge in [-0.2, -0.15) is 17.0 Å². The largest absolute Gasteiger partial charge is 0.379 e. The number of carbonyl (C=O) groups is 1. The molecular weight excluding hydrogens is 356 g/mol. The highest BCUT2D eigenvalue weighted by atomic mass is 35.5. The standard InChI is InChI=1S/C14H28N4O4S.ClH/c1-12(2)11-13(15)14(19)16-3-5-17(6-4-16)23(20,21)18-7-9-22-10-8-18;/h12-13H,3-11,15H2,1-2H3;1H/t13-;/m0./s1. The van der Waals surface area contributed by atoms with Crippen LogP contribution in [0.1, 0.15) is 20.3 Å². The second-order valence-corrected chi connectivity index (χ2v) is 8.41. The van der Waals surface area contributed by atoms with Crippen molar-refractivity contribution in [3.8, 4) is 0 Å². The average molecular weight is 385 g/mol. The Balaban J connectivity index is 0.00000288. The lowest BCUT2D eigenvalue weighted by Gasteiger charge is -2.38. The quantitative estimate of drug-likeness (QED) is 0.689. The van der Waals surface area contributed by atoms with E-state index in [0.29, 0.717) is 64.8 Å². The molecule has 2 heterocycles. The van der Waals surface area contributed by atoms with Crippen molar-refractivity contribution in [2.24, 2.45) is 11.7 Å². The van der Waals surface area contributed by atoms with E-state index in [4.69, 9.17) is 10.5 Å². The van der Waals surface area contributed by atoms with E-state index >= 15 is 0 Å². The Hall–Kier alpha value is -0.450. The molecule has 2 aliphatic rings. The molecule has 0 bridgehead atoms. The third kappa shape index (κ3) is 5.27. The van der Waals surface area contributed by atoms with Crippen molar-refractivity contribution in [3.05, 3.63) is 0 Å². The first kappa shape index (κ1) is 21.6. The Morgan fingerprint density at radius 1 is 1.04 bits per heavy atom. The van der Waals surface area contributed by atoms with Gasteiger partial charge in [0.05, 0.1) is 19.3 Å². The zero-order valence-corrected chi connectivity index (χ0v) is 16.0. The molecule has 0 radical (unpaired) electrons. The van der Waals surface area contributed by atoms with Crippen molar-refractivity contribution in [1.29, 1.82) is 0 Å². The van der Waals surface area contributed by atoms with Crippen LogP contribution in [0.3, 0.4) is 0 Å². The first-order valence-electron chi connectivity index (χ1n) is 8.19. The molecule has 0 aromatic heterocycles. The van der Waals surface area contributed by atoms with Crippen molar-refractivity contribution in [3.63, 3.8) is 0 Å². The van der Waals surface area contributed by atoms with Crippen molar-refractivity contribution < 1.29 is 17.9 Å². The van der Waals surface area contributed by atoms with Gasteiger partial charge in [-0.05, 0) is 12.3 Å². The fourth-order valence-corrected chi connectivity index (χ4v) is 4.48. The van der Waals surface area contributed by atoms with Crippen molar-refractivity contribution in [2.45, 2.75) is 26.3 Å². The van der Waals surface area contributed by atoms with Gasteiger partial charge in [0.25, 0.3) is 10.2 Å². The normalized spacial score (nSPS) is 22.2. The summed E-state index contributed by atoms with van der Waals surface area (Å²) in [5.41, 5.74) is 5.94. The van der Waals surface area contributed by atoms with Crippen LogP contribution < -0.4 is 5.73 Å². The maximum absolute atomic E-state index is 12.6. The highest BCUT2D eigenvalue weighted by Crippen LogP contribution is 2.15. The lowest BCUT2D eigenvalue weighted by Crippen LogP contribution is -2.57. The lowest BCUT2D eigenvalue weighted by molar-refractivity contribution is -0.134. The van der Waals surface area contributed by atoms with E-state index in [0.717, 1.165) is 0 Å². The Morgan fingerprint density at radius 3 is 2.04 bits per heavy atom. The Bertz CT molecular complexity index is 503. The molecule has 142 valence electrons. The Labute approximate surface area is 150 Å². The number of nitrogens with two attached hydrogens (primary N) is 1. The van der Waals surface area contributed by atoms with Crippen LogP contribution in [0.2, 0.25) is 0 Å². The molecule has 0 spiro atoms. The van der Waals surface area contributed by atoms with Gasteiger partial charge in [-0.3, -0.25) is 4.79 Å².